The molecule has 140 valence electrons. The fourth-order valence-corrected chi connectivity index (χ4v) is 4.15. The van der Waals surface area contributed by atoms with Crippen molar-refractivity contribution in [3.05, 3.63) is 87.9 Å². The number of hydrogen-bond acceptors (Lipinski definition) is 4. The first-order valence-electron chi connectivity index (χ1n) is 8.70. The molecule has 0 aliphatic carbocycles. The Hall–Kier alpha value is -2.89. The molecule has 1 heterocycles. The third-order valence-electron chi connectivity index (χ3n) is 4.32. The van der Waals surface area contributed by atoms with Crippen molar-refractivity contribution in [1.29, 1.82) is 0 Å². The van der Waals surface area contributed by atoms with Crippen molar-refractivity contribution >= 4 is 44.7 Å². The first-order chi connectivity index (χ1) is 13.6. The number of anilines is 1. The molecule has 3 aromatic carbocycles. The minimum atomic E-state index is -0.219. The molecular formula is C22H17ClN2O2S. The van der Waals surface area contributed by atoms with Gasteiger partial charge < -0.3 is 10.1 Å². The van der Waals surface area contributed by atoms with Gasteiger partial charge in [0.25, 0.3) is 5.91 Å². The van der Waals surface area contributed by atoms with Crippen LogP contribution in [0.25, 0.3) is 10.2 Å². The molecule has 4 nitrogen and oxygen atoms in total. The van der Waals surface area contributed by atoms with Crippen molar-refractivity contribution in [3.8, 4) is 5.75 Å². The number of ether oxygens (including phenoxy) is 1. The van der Waals surface area contributed by atoms with Gasteiger partial charge in [0.1, 0.15) is 5.75 Å². The molecule has 28 heavy (non-hydrogen) atoms. The van der Waals surface area contributed by atoms with E-state index >= 15 is 0 Å². The van der Waals surface area contributed by atoms with E-state index in [2.05, 4.69) is 16.4 Å². The monoisotopic (exact) mass is 408 g/mol. The summed E-state index contributed by atoms with van der Waals surface area (Å²) in [6, 6.07) is 20.9. The molecule has 0 bridgehead atoms. The number of aromatic nitrogens is 1. The first-order valence-corrected chi connectivity index (χ1v) is 9.90. The van der Waals surface area contributed by atoms with Crippen LogP contribution in [0.2, 0.25) is 5.02 Å². The van der Waals surface area contributed by atoms with Crippen LogP contribution in [-0.2, 0) is 6.42 Å². The highest BCUT2D eigenvalue weighted by Crippen LogP contribution is 2.26. The van der Waals surface area contributed by atoms with Gasteiger partial charge in [0.2, 0.25) is 0 Å². The summed E-state index contributed by atoms with van der Waals surface area (Å²) in [6.07, 6.45) is 0.766. The molecule has 0 saturated heterocycles. The number of methoxy groups -OCH3 is 1. The van der Waals surface area contributed by atoms with Gasteiger partial charge in [-0.1, -0.05) is 35.9 Å². The molecule has 4 aromatic rings. The SMILES string of the molecule is COc1ccc(C(=O)Nc2ccc(Cc3nc4ccccc4s3)cc2)cc1Cl. The predicted octanol–water partition coefficient (Wildman–Crippen LogP) is 5.80. The maximum Gasteiger partial charge on any atom is 0.255 e. The fourth-order valence-electron chi connectivity index (χ4n) is 2.89. The first kappa shape index (κ1) is 18.5. The number of carbonyl (C=O) groups excluding carboxylic acids is 1. The Morgan fingerprint density at radius 3 is 2.61 bits per heavy atom. The molecule has 0 aliphatic heterocycles. The Labute approximate surface area is 171 Å². The number of nitrogens with zero attached hydrogens (tertiary/aromatic N) is 1. The molecule has 0 radical (unpaired) electrons. The number of carbonyl (C=O) groups is 1. The third-order valence-corrected chi connectivity index (χ3v) is 5.65. The lowest BCUT2D eigenvalue weighted by Gasteiger charge is -2.08. The number of hydrogen-bond donors (Lipinski definition) is 1. The molecule has 0 atom stereocenters. The van der Waals surface area contributed by atoms with Crippen molar-refractivity contribution in [3.63, 3.8) is 0 Å². The number of fused-ring (bicyclic) bond motifs is 1. The fraction of sp³-hybridized carbons (Fsp3) is 0.0909. The minimum absolute atomic E-state index is 0.219. The lowest BCUT2D eigenvalue weighted by atomic mass is 10.1. The maximum absolute atomic E-state index is 12.4. The van der Waals surface area contributed by atoms with Crippen LogP contribution in [0.15, 0.2) is 66.7 Å². The summed E-state index contributed by atoms with van der Waals surface area (Å²) in [5, 5.41) is 4.36. The van der Waals surface area contributed by atoms with E-state index in [0.717, 1.165) is 28.2 Å². The molecule has 6 heteroatoms. The van der Waals surface area contributed by atoms with Crippen LogP contribution >= 0.6 is 22.9 Å². The zero-order valence-corrected chi connectivity index (χ0v) is 16.7. The van der Waals surface area contributed by atoms with Gasteiger partial charge in [-0.25, -0.2) is 4.98 Å². The van der Waals surface area contributed by atoms with E-state index in [4.69, 9.17) is 16.3 Å². The number of halogens is 1. The molecule has 1 N–H and O–H groups in total. The van der Waals surface area contributed by atoms with Crippen LogP contribution in [0.1, 0.15) is 20.9 Å². The topological polar surface area (TPSA) is 51.2 Å². The van der Waals surface area contributed by atoms with Crippen LogP contribution in [0, 0.1) is 0 Å². The minimum Gasteiger partial charge on any atom is -0.495 e. The van der Waals surface area contributed by atoms with E-state index in [1.807, 2.05) is 42.5 Å². The Morgan fingerprint density at radius 1 is 1.11 bits per heavy atom. The van der Waals surface area contributed by atoms with E-state index in [-0.39, 0.29) is 5.91 Å². The normalized spacial score (nSPS) is 10.8. The molecular weight excluding hydrogens is 392 g/mol. The number of benzene rings is 3. The average molecular weight is 409 g/mol. The van der Waals surface area contributed by atoms with Gasteiger partial charge in [0.15, 0.2) is 0 Å². The highest BCUT2D eigenvalue weighted by molar-refractivity contribution is 7.18. The number of rotatable bonds is 5. The predicted molar refractivity (Wildman–Crippen MR) is 115 cm³/mol. The lowest BCUT2D eigenvalue weighted by molar-refractivity contribution is 0.102. The molecule has 4 rings (SSSR count). The number of amides is 1. The highest BCUT2D eigenvalue weighted by Gasteiger charge is 2.10. The van der Waals surface area contributed by atoms with Gasteiger partial charge in [0, 0.05) is 17.7 Å². The van der Waals surface area contributed by atoms with Crippen LogP contribution in [-0.4, -0.2) is 18.0 Å². The Morgan fingerprint density at radius 2 is 1.89 bits per heavy atom. The number of thiazole rings is 1. The van der Waals surface area contributed by atoms with Crippen molar-refractivity contribution in [2.75, 3.05) is 12.4 Å². The molecule has 1 amide bonds. The van der Waals surface area contributed by atoms with Crippen molar-refractivity contribution in [2.24, 2.45) is 0 Å². The van der Waals surface area contributed by atoms with Gasteiger partial charge in [0.05, 0.1) is 27.4 Å². The standard InChI is InChI=1S/C22H17ClN2O2S/c1-27-19-11-8-15(13-17(19)23)22(26)24-16-9-6-14(7-10-16)12-21-25-18-4-2-3-5-20(18)28-21/h2-11,13H,12H2,1H3,(H,24,26). The van der Waals surface area contributed by atoms with E-state index in [1.54, 1.807) is 29.5 Å². The Kier molecular flexibility index (Phi) is 5.28. The van der Waals surface area contributed by atoms with E-state index in [0.29, 0.717) is 16.3 Å². The number of nitrogens with one attached hydrogen (secondary N) is 1. The average Bonchev–Trinajstić information content (AvgIpc) is 3.11. The molecule has 0 saturated carbocycles. The zero-order chi connectivity index (χ0) is 19.5. The Bertz CT molecular complexity index is 1110. The van der Waals surface area contributed by atoms with Crippen molar-refractivity contribution < 1.29 is 9.53 Å². The molecule has 1 aromatic heterocycles. The molecule has 0 fully saturated rings. The van der Waals surface area contributed by atoms with Crippen molar-refractivity contribution in [1.82, 2.24) is 4.98 Å². The van der Waals surface area contributed by atoms with Gasteiger partial charge in [-0.3, -0.25) is 4.79 Å². The quantitative estimate of drug-likeness (QED) is 0.454. The second-order valence-electron chi connectivity index (χ2n) is 6.25. The number of para-hydroxylation sites is 1. The summed E-state index contributed by atoms with van der Waals surface area (Å²) in [5.74, 6) is 0.320. The second kappa shape index (κ2) is 8.00. The molecule has 0 unspecified atom stereocenters. The van der Waals surface area contributed by atoms with Gasteiger partial charge >= 0.3 is 0 Å². The summed E-state index contributed by atoms with van der Waals surface area (Å²) in [5.41, 5.74) is 3.38. The summed E-state index contributed by atoms with van der Waals surface area (Å²) in [6.45, 7) is 0. The van der Waals surface area contributed by atoms with E-state index < -0.39 is 0 Å². The molecule has 0 spiro atoms. The molecule has 0 aliphatic rings. The van der Waals surface area contributed by atoms with Gasteiger partial charge in [-0.05, 0) is 48.0 Å². The van der Waals surface area contributed by atoms with Crippen LogP contribution in [0.3, 0.4) is 0 Å². The maximum atomic E-state index is 12.4. The third kappa shape index (κ3) is 4.01. The largest absolute Gasteiger partial charge is 0.495 e. The zero-order valence-electron chi connectivity index (χ0n) is 15.1. The van der Waals surface area contributed by atoms with Crippen LogP contribution < -0.4 is 10.1 Å². The van der Waals surface area contributed by atoms with Crippen molar-refractivity contribution in [2.45, 2.75) is 6.42 Å². The smallest absolute Gasteiger partial charge is 0.255 e. The van der Waals surface area contributed by atoms with E-state index in [1.165, 1.54) is 11.8 Å². The highest BCUT2D eigenvalue weighted by atomic mass is 35.5. The summed E-state index contributed by atoms with van der Waals surface area (Å²) in [7, 11) is 1.54. The summed E-state index contributed by atoms with van der Waals surface area (Å²) < 4.78 is 6.31. The lowest BCUT2D eigenvalue weighted by Crippen LogP contribution is -2.11. The van der Waals surface area contributed by atoms with Gasteiger partial charge in [-0.15, -0.1) is 11.3 Å². The van der Waals surface area contributed by atoms with Gasteiger partial charge in [-0.2, -0.15) is 0 Å². The second-order valence-corrected chi connectivity index (χ2v) is 7.77. The van der Waals surface area contributed by atoms with E-state index in [9.17, 15) is 4.79 Å². The summed E-state index contributed by atoms with van der Waals surface area (Å²) >= 11 is 7.80. The Balaban J connectivity index is 1.44. The summed E-state index contributed by atoms with van der Waals surface area (Å²) in [4.78, 5) is 17.1. The van der Waals surface area contributed by atoms with Crippen LogP contribution in [0.5, 0.6) is 5.75 Å². The van der Waals surface area contributed by atoms with Crippen LogP contribution in [0.4, 0.5) is 5.69 Å².